The summed E-state index contributed by atoms with van der Waals surface area (Å²) in [5.41, 5.74) is 1.80. The molecule has 2 aromatic rings. The molecule has 0 fully saturated rings. The van der Waals surface area contributed by atoms with Crippen LogP contribution in [0.5, 0.6) is 5.75 Å². The lowest BCUT2D eigenvalue weighted by Crippen LogP contribution is -2.03. The van der Waals surface area contributed by atoms with Gasteiger partial charge in [-0.25, -0.2) is 0 Å². The van der Waals surface area contributed by atoms with E-state index in [-0.39, 0.29) is 6.61 Å². The second-order valence-electron chi connectivity index (χ2n) is 4.53. The largest absolute Gasteiger partial charge is 0.489 e. The first-order chi connectivity index (χ1) is 9.92. The molecule has 0 spiro atoms. The molecule has 0 heterocycles. The Balaban J connectivity index is 1.89. The molecule has 0 unspecified atom stereocenters. The zero-order valence-corrected chi connectivity index (χ0v) is 13.9. The molecule has 0 aliphatic carbocycles. The summed E-state index contributed by atoms with van der Waals surface area (Å²) in [6, 6.07) is 15.0. The first-order valence-corrected chi connectivity index (χ1v) is 8.84. The number of hydrogen-bond donors (Lipinski definition) is 0. The van der Waals surface area contributed by atoms with Crippen molar-refractivity contribution >= 4 is 26.0 Å². The van der Waals surface area contributed by atoms with Crippen molar-refractivity contribution in [3.05, 3.63) is 64.1 Å². The van der Waals surface area contributed by atoms with Crippen LogP contribution in [0, 0.1) is 0 Å². The first-order valence-electron chi connectivity index (χ1n) is 6.23. The molecule has 112 valence electrons. The molecule has 0 radical (unpaired) electrons. The fourth-order valence-electron chi connectivity index (χ4n) is 1.60. The van der Waals surface area contributed by atoms with Gasteiger partial charge in [-0.3, -0.25) is 4.18 Å². The quantitative estimate of drug-likeness (QED) is 0.730. The van der Waals surface area contributed by atoms with E-state index in [4.69, 9.17) is 8.92 Å². The van der Waals surface area contributed by atoms with E-state index in [1.54, 1.807) is 0 Å². The summed E-state index contributed by atoms with van der Waals surface area (Å²) in [6.07, 6.45) is 1.04. The van der Waals surface area contributed by atoms with Crippen molar-refractivity contribution in [1.29, 1.82) is 0 Å². The van der Waals surface area contributed by atoms with Gasteiger partial charge in [-0.15, -0.1) is 0 Å². The normalized spacial score (nSPS) is 11.3. The number of hydrogen-bond acceptors (Lipinski definition) is 4. The van der Waals surface area contributed by atoms with Crippen molar-refractivity contribution in [3.8, 4) is 5.75 Å². The number of benzene rings is 2. The Labute approximate surface area is 133 Å². The number of ether oxygens (including phenoxy) is 1. The number of halogens is 1. The fraction of sp³-hybridized carbons (Fsp3) is 0.200. The van der Waals surface area contributed by atoms with Crippen LogP contribution >= 0.6 is 15.9 Å². The third-order valence-electron chi connectivity index (χ3n) is 2.68. The molecule has 0 amide bonds. The van der Waals surface area contributed by atoms with Gasteiger partial charge in [-0.2, -0.15) is 8.42 Å². The highest BCUT2D eigenvalue weighted by Gasteiger charge is 2.03. The van der Waals surface area contributed by atoms with Gasteiger partial charge in [0.25, 0.3) is 10.1 Å². The van der Waals surface area contributed by atoms with Crippen molar-refractivity contribution in [3.63, 3.8) is 0 Å². The summed E-state index contributed by atoms with van der Waals surface area (Å²) in [6.45, 7) is 0.502. The zero-order valence-electron chi connectivity index (χ0n) is 11.5. The van der Waals surface area contributed by atoms with Gasteiger partial charge in [0.15, 0.2) is 0 Å². The van der Waals surface area contributed by atoms with Crippen molar-refractivity contribution < 1.29 is 17.3 Å². The Hall–Kier alpha value is -1.37. The van der Waals surface area contributed by atoms with Crippen LogP contribution in [-0.2, 0) is 27.5 Å². The minimum absolute atomic E-state index is 0.0483. The molecular formula is C15H15BrO4S. The van der Waals surface area contributed by atoms with E-state index in [0.717, 1.165) is 27.6 Å². The summed E-state index contributed by atoms with van der Waals surface area (Å²) in [4.78, 5) is 0. The average molecular weight is 371 g/mol. The molecule has 0 atom stereocenters. The Morgan fingerprint density at radius 1 is 0.905 bits per heavy atom. The van der Waals surface area contributed by atoms with Crippen LogP contribution < -0.4 is 4.74 Å². The van der Waals surface area contributed by atoms with E-state index in [1.807, 2.05) is 48.5 Å². The Kier molecular flexibility index (Phi) is 5.39. The average Bonchev–Trinajstić information content (AvgIpc) is 2.45. The predicted octanol–water partition coefficient (Wildman–Crippen LogP) is 3.50. The minimum Gasteiger partial charge on any atom is -0.489 e. The van der Waals surface area contributed by atoms with Crippen LogP contribution in [0.15, 0.2) is 53.0 Å². The molecule has 2 rings (SSSR count). The zero-order chi connectivity index (χ0) is 15.3. The molecule has 0 aromatic heterocycles. The Morgan fingerprint density at radius 3 is 1.95 bits per heavy atom. The summed E-state index contributed by atoms with van der Waals surface area (Å²) < 4.78 is 33.2. The second kappa shape index (κ2) is 7.06. The van der Waals surface area contributed by atoms with Crippen molar-refractivity contribution in [1.82, 2.24) is 0 Å². The topological polar surface area (TPSA) is 52.6 Å². The molecule has 2 aromatic carbocycles. The highest BCUT2D eigenvalue weighted by atomic mass is 79.9. The third kappa shape index (κ3) is 5.87. The summed E-state index contributed by atoms with van der Waals surface area (Å²) in [7, 11) is -3.41. The second-order valence-corrected chi connectivity index (χ2v) is 7.09. The van der Waals surface area contributed by atoms with Crippen LogP contribution in [0.4, 0.5) is 0 Å². The van der Waals surface area contributed by atoms with E-state index < -0.39 is 10.1 Å². The van der Waals surface area contributed by atoms with Gasteiger partial charge in [0.2, 0.25) is 0 Å². The maximum Gasteiger partial charge on any atom is 0.264 e. The van der Waals surface area contributed by atoms with Crippen LogP contribution in [0.3, 0.4) is 0 Å². The number of rotatable bonds is 6. The summed E-state index contributed by atoms with van der Waals surface area (Å²) >= 11 is 3.37. The highest BCUT2D eigenvalue weighted by Crippen LogP contribution is 2.17. The van der Waals surface area contributed by atoms with Gasteiger partial charge in [0.05, 0.1) is 12.9 Å². The molecule has 6 heteroatoms. The van der Waals surface area contributed by atoms with Crippen LogP contribution in [0.2, 0.25) is 0 Å². The highest BCUT2D eigenvalue weighted by molar-refractivity contribution is 9.10. The maximum atomic E-state index is 10.9. The van der Waals surface area contributed by atoms with Gasteiger partial charge in [0, 0.05) is 4.47 Å². The molecule has 21 heavy (non-hydrogen) atoms. The summed E-state index contributed by atoms with van der Waals surface area (Å²) in [5, 5.41) is 0. The smallest absolute Gasteiger partial charge is 0.264 e. The monoisotopic (exact) mass is 370 g/mol. The van der Waals surface area contributed by atoms with E-state index in [9.17, 15) is 8.42 Å². The molecule has 0 saturated carbocycles. The lowest BCUT2D eigenvalue weighted by molar-refractivity contribution is 0.304. The van der Waals surface area contributed by atoms with Crippen molar-refractivity contribution in [2.45, 2.75) is 13.2 Å². The van der Waals surface area contributed by atoms with Crippen LogP contribution in [0.1, 0.15) is 11.1 Å². The minimum atomic E-state index is -3.41. The molecule has 0 aliphatic rings. The molecule has 0 N–H and O–H groups in total. The maximum absolute atomic E-state index is 10.9. The van der Waals surface area contributed by atoms with Crippen LogP contribution in [0.25, 0.3) is 0 Å². The third-order valence-corrected chi connectivity index (χ3v) is 3.76. The molecule has 4 nitrogen and oxygen atoms in total. The van der Waals surface area contributed by atoms with Gasteiger partial charge < -0.3 is 4.74 Å². The SMILES string of the molecule is CS(=O)(=O)OCc1ccc(COc2ccc(Br)cc2)cc1. The van der Waals surface area contributed by atoms with E-state index in [1.165, 1.54) is 0 Å². The van der Waals surface area contributed by atoms with Crippen molar-refractivity contribution in [2.75, 3.05) is 6.26 Å². The standard InChI is InChI=1S/C15H15BrO4S/c1-21(17,18)20-11-13-4-2-12(3-5-13)10-19-15-8-6-14(16)7-9-15/h2-9H,10-11H2,1H3. The summed E-state index contributed by atoms with van der Waals surface area (Å²) in [5.74, 6) is 0.794. The predicted molar refractivity (Wildman–Crippen MR) is 84.5 cm³/mol. The Bertz CT molecular complexity index is 679. The van der Waals surface area contributed by atoms with Crippen LogP contribution in [-0.4, -0.2) is 14.7 Å². The van der Waals surface area contributed by atoms with E-state index in [2.05, 4.69) is 15.9 Å². The lowest BCUT2D eigenvalue weighted by Gasteiger charge is -2.07. The van der Waals surface area contributed by atoms with E-state index in [0.29, 0.717) is 6.61 Å². The molecule has 0 aliphatic heterocycles. The van der Waals surface area contributed by atoms with Gasteiger partial charge in [-0.1, -0.05) is 40.2 Å². The van der Waals surface area contributed by atoms with E-state index >= 15 is 0 Å². The molecule has 0 bridgehead atoms. The van der Waals surface area contributed by atoms with Gasteiger partial charge in [0.1, 0.15) is 12.4 Å². The molecule has 0 saturated heterocycles. The van der Waals surface area contributed by atoms with Gasteiger partial charge >= 0.3 is 0 Å². The van der Waals surface area contributed by atoms with Gasteiger partial charge in [-0.05, 0) is 35.4 Å². The first kappa shape index (κ1) is 16.0. The van der Waals surface area contributed by atoms with Crippen molar-refractivity contribution in [2.24, 2.45) is 0 Å². The Morgan fingerprint density at radius 2 is 1.43 bits per heavy atom. The lowest BCUT2D eigenvalue weighted by atomic mass is 10.1. The fourth-order valence-corrected chi connectivity index (χ4v) is 2.22. The molecular weight excluding hydrogens is 356 g/mol.